The van der Waals surface area contributed by atoms with Gasteiger partial charge in [0.25, 0.3) is 15.9 Å². The zero-order chi connectivity index (χ0) is 21.1. The van der Waals surface area contributed by atoms with E-state index in [0.717, 1.165) is 23.4 Å². The molecule has 2 aromatic carbocycles. The average molecular weight is 442 g/mol. The number of benzene rings is 2. The number of carbonyl (C=O) groups excluding carboxylic acids is 1. The third-order valence-electron chi connectivity index (χ3n) is 6.16. The molecule has 6 nitrogen and oxygen atoms in total. The van der Waals surface area contributed by atoms with Crippen LogP contribution in [-0.2, 0) is 15.4 Å². The van der Waals surface area contributed by atoms with Crippen LogP contribution in [0.3, 0.4) is 0 Å². The van der Waals surface area contributed by atoms with Crippen LogP contribution in [0, 0.1) is 0 Å². The van der Waals surface area contributed by atoms with Gasteiger partial charge in [0.15, 0.2) is 5.17 Å². The molecule has 2 aliphatic heterocycles. The molecule has 2 heterocycles. The first-order valence-electron chi connectivity index (χ1n) is 10.1. The maximum Gasteiger partial charge on any atom is 0.257 e. The molecular weight excluding hydrogens is 418 g/mol. The predicted molar refractivity (Wildman–Crippen MR) is 120 cm³/mol. The molecular formula is C22H23N3O3S2. The van der Waals surface area contributed by atoms with Crippen molar-refractivity contribution in [2.24, 2.45) is 4.40 Å². The van der Waals surface area contributed by atoms with Gasteiger partial charge >= 0.3 is 0 Å². The van der Waals surface area contributed by atoms with E-state index in [0.29, 0.717) is 17.3 Å². The zero-order valence-corrected chi connectivity index (χ0v) is 18.5. The van der Waals surface area contributed by atoms with Gasteiger partial charge in [-0.25, -0.2) is 8.42 Å². The highest BCUT2D eigenvalue weighted by Gasteiger charge is 2.35. The highest BCUT2D eigenvalue weighted by atomic mass is 32.2. The molecule has 1 amide bonds. The van der Waals surface area contributed by atoms with E-state index in [1.165, 1.54) is 22.9 Å². The number of hydrogen-bond acceptors (Lipinski definition) is 5. The molecule has 0 saturated heterocycles. The van der Waals surface area contributed by atoms with Crippen LogP contribution >= 0.6 is 11.8 Å². The number of thioether (sulfide) groups is 1. The normalized spacial score (nSPS) is 23.1. The number of amides is 1. The molecule has 2 aromatic rings. The fourth-order valence-corrected chi connectivity index (χ4v) is 6.77. The van der Waals surface area contributed by atoms with Crippen LogP contribution in [0.2, 0.25) is 0 Å². The molecule has 156 valence electrons. The molecule has 0 aromatic heterocycles. The van der Waals surface area contributed by atoms with Crippen LogP contribution in [0.25, 0.3) is 0 Å². The minimum atomic E-state index is -3.39. The van der Waals surface area contributed by atoms with Crippen molar-refractivity contribution in [2.75, 3.05) is 17.2 Å². The van der Waals surface area contributed by atoms with E-state index in [-0.39, 0.29) is 23.1 Å². The van der Waals surface area contributed by atoms with Crippen molar-refractivity contribution in [1.82, 2.24) is 5.32 Å². The summed E-state index contributed by atoms with van der Waals surface area (Å²) < 4.78 is 27.5. The zero-order valence-electron chi connectivity index (χ0n) is 16.9. The maximum atomic E-state index is 13.0. The summed E-state index contributed by atoms with van der Waals surface area (Å²) in [4.78, 5) is 15.8. The largest absolute Gasteiger partial charge is 0.345 e. The lowest BCUT2D eigenvalue weighted by Gasteiger charge is -2.37. The van der Waals surface area contributed by atoms with Gasteiger partial charge in [0.2, 0.25) is 0 Å². The average Bonchev–Trinajstić information content (AvgIpc) is 3.05. The van der Waals surface area contributed by atoms with E-state index in [2.05, 4.69) is 41.8 Å². The summed E-state index contributed by atoms with van der Waals surface area (Å²) in [6, 6.07) is 13.9. The molecule has 5 rings (SSSR count). The molecule has 1 atom stereocenters. The van der Waals surface area contributed by atoms with E-state index in [4.69, 9.17) is 0 Å². The smallest absolute Gasteiger partial charge is 0.257 e. The van der Waals surface area contributed by atoms with E-state index >= 15 is 0 Å². The second-order valence-corrected chi connectivity index (χ2v) is 11.4. The van der Waals surface area contributed by atoms with Gasteiger partial charge in [0.05, 0.1) is 17.5 Å². The van der Waals surface area contributed by atoms with Crippen LogP contribution in [0.4, 0.5) is 5.69 Å². The topological polar surface area (TPSA) is 78.8 Å². The Morgan fingerprint density at radius 3 is 2.87 bits per heavy atom. The Bertz CT molecular complexity index is 1190. The van der Waals surface area contributed by atoms with E-state index in [9.17, 15) is 13.2 Å². The van der Waals surface area contributed by atoms with Crippen molar-refractivity contribution >= 4 is 38.5 Å². The lowest BCUT2D eigenvalue weighted by molar-refractivity contribution is 0.0929. The first-order chi connectivity index (χ1) is 14.2. The summed E-state index contributed by atoms with van der Waals surface area (Å²) >= 11 is 1.31. The summed E-state index contributed by atoms with van der Waals surface area (Å²) in [7, 11) is -3.39. The number of carbonyl (C=O) groups is 1. The summed E-state index contributed by atoms with van der Waals surface area (Å²) in [6.45, 7) is 4.89. The first-order valence-corrected chi connectivity index (χ1v) is 12.5. The maximum absolute atomic E-state index is 13.0. The number of nitrogens with one attached hydrogen (secondary N) is 1. The Kier molecular flexibility index (Phi) is 4.48. The number of sulfonamides is 1. The molecule has 0 bridgehead atoms. The number of anilines is 1. The molecule has 0 radical (unpaired) electrons. The SMILES string of the molecule is CC1(C)CCC(NC(=O)c2ccc3c(c2)SC2=NS(=O)(=O)CCN23)c2ccccc21. The van der Waals surface area contributed by atoms with Gasteiger partial charge < -0.3 is 10.2 Å². The van der Waals surface area contributed by atoms with Crippen molar-refractivity contribution < 1.29 is 13.2 Å². The van der Waals surface area contributed by atoms with Gasteiger partial charge in [0.1, 0.15) is 0 Å². The summed E-state index contributed by atoms with van der Waals surface area (Å²) in [5.74, 6) is -0.103. The Morgan fingerprint density at radius 1 is 1.23 bits per heavy atom. The van der Waals surface area contributed by atoms with Crippen LogP contribution in [0.1, 0.15) is 54.2 Å². The molecule has 3 aliphatic rings. The first kappa shape index (κ1) is 19.6. The van der Waals surface area contributed by atoms with Crippen molar-refractivity contribution in [3.63, 3.8) is 0 Å². The molecule has 8 heteroatoms. The predicted octanol–water partition coefficient (Wildman–Crippen LogP) is 3.84. The lowest BCUT2D eigenvalue weighted by atomic mass is 9.71. The Labute approximate surface area is 180 Å². The third kappa shape index (κ3) is 3.32. The lowest BCUT2D eigenvalue weighted by Crippen LogP contribution is -2.36. The summed E-state index contributed by atoms with van der Waals surface area (Å²) in [5, 5.41) is 3.68. The molecule has 0 fully saturated rings. The Balaban J connectivity index is 1.39. The van der Waals surface area contributed by atoms with Gasteiger partial charge in [0, 0.05) is 17.0 Å². The minimum absolute atomic E-state index is 0.0101. The Morgan fingerprint density at radius 2 is 2.03 bits per heavy atom. The van der Waals surface area contributed by atoms with E-state index < -0.39 is 10.0 Å². The summed E-state index contributed by atoms with van der Waals surface area (Å²) in [6.07, 6.45) is 1.91. The monoisotopic (exact) mass is 441 g/mol. The highest BCUT2D eigenvalue weighted by molar-refractivity contribution is 8.15. The van der Waals surface area contributed by atoms with Crippen molar-refractivity contribution in [2.45, 2.75) is 43.0 Å². The Hall–Kier alpha value is -2.32. The van der Waals surface area contributed by atoms with E-state index in [1.807, 2.05) is 23.1 Å². The minimum Gasteiger partial charge on any atom is -0.345 e. The molecule has 1 aliphatic carbocycles. The fraction of sp³-hybridized carbons (Fsp3) is 0.364. The van der Waals surface area contributed by atoms with E-state index in [1.54, 1.807) is 6.07 Å². The van der Waals surface area contributed by atoms with Crippen LogP contribution in [0.15, 0.2) is 51.8 Å². The standard InChI is InChI=1S/C22H23N3O3S2/c1-22(2)10-9-17(15-5-3-4-6-16(15)22)23-20(26)14-7-8-18-19(13-14)29-21-24-30(27,28)12-11-25(18)21/h3-8,13,17H,9-12H2,1-2H3,(H,23,26). The number of amidine groups is 1. The van der Waals surface area contributed by atoms with Crippen LogP contribution in [0.5, 0.6) is 0 Å². The summed E-state index contributed by atoms with van der Waals surface area (Å²) in [5.41, 5.74) is 4.08. The molecule has 1 N–H and O–H groups in total. The molecule has 0 spiro atoms. The second-order valence-electron chi connectivity index (χ2n) is 8.63. The van der Waals surface area contributed by atoms with Gasteiger partial charge in [-0.2, -0.15) is 0 Å². The fourth-order valence-electron chi connectivity index (χ4n) is 4.48. The van der Waals surface area contributed by atoms with Gasteiger partial charge in [-0.3, -0.25) is 4.79 Å². The quantitative estimate of drug-likeness (QED) is 0.766. The number of rotatable bonds is 2. The van der Waals surface area contributed by atoms with Crippen LogP contribution < -0.4 is 10.2 Å². The van der Waals surface area contributed by atoms with Gasteiger partial charge in [-0.05, 0) is 59.3 Å². The third-order valence-corrected chi connectivity index (χ3v) is 8.47. The van der Waals surface area contributed by atoms with Gasteiger partial charge in [-0.15, -0.1) is 4.40 Å². The van der Waals surface area contributed by atoms with Crippen molar-refractivity contribution in [3.05, 3.63) is 59.2 Å². The molecule has 0 saturated carbocycles. The van der Waals surface area contributed by atoms with Crippen molar-refractivity contribution in [1.29, 1.82) is 0 Å². The van der Waals surface area contributed by atoms with Gasteiger partial charge in [-0.1, -0.05) is 38.1 Å². The number of fused-ring (bicyclic) bond motifs is 4. The number of nitrogens with zero attached hydrogens (tertiary/aromatic N) is 2. The van der Waals surface area contributed by atoms with Crippen molar-refractivity contribution in [3.8, 4) is 0 Å². The highest BCUT2D eigenvalue weighted by Crippen LogP contribution is 2.43. The second kappa shape index (κ2) is 6.85. The molecule has 1 unspecified atom stereocenters. The molecule has 30 heavy (non-hydrogen) atoms. The van der Waals surface area contributed by atoms with Crippen LogP contribution in [-0.4, -0.2) is 31.8 Å². The number of hydrogen-bond donors (Lipinski definition) is 1.